The average Bonchev–Trinajstić information content (AvgIpc) is 2.93. The second-order valence-corrected chi connectivity index (χ2v) is 6.88. The first-order valence-electron chi connectivity index (χ1n) is 8.53. The van der Waals surface area contributed by atoms with Gasteiger partial charge in [0.1, 0.15) is 5.82 Å². The van der Waals surface area contributed by atoms with Gasteiger partial charge in [-0.25, -0.2) is 4.98 Å². The lowest BCUT2D eigenvalue weighted by molar-refractivity contribution is -0.130. The molecule has 0 radical (unpaired) electrons. The third-order valence-corrected chi connectivity index (χ3v) is 4.72. The van der Waals surface area contributed by atoms with Crippen molar-refractivity contribution in [3.8, 4) is 0 Å². The number of aryl methyl sites for hydroxylation is 1. The predicted molar refractivity (Wildman–Crippen MR) is 96.6 cm³/mol. The van der Waals surface area contributed by atoms with Gasteiger partial charge in [-0.2, -0.15) is 0 Å². The molecule has 2 heterocycles. The largest absolute Gasteiger partial charge is 0.335 e. The van der Waals surface area contributed by atoms with E-state index in [1.165, 1.54) is 5.56 Å². The standard InChI is InChI=1S/C19H26N4O/c1-13(2)18-20-19(21(5)16-8-6-14(3)7-9-16)17-12-22(15(4)24)10-11-23(17)18/h6-9,13H,10-12H2,1-5H3. The minimum Gasteiger partial charge on any atom is -0.335 e. The van der Waals surface area contributed by atoms with E-state index >= 15 is 0 Å². The third-order valence-electron chi connectivity index (χ3n) is 4.72. The molecule has 1 aliphatic heterocycles. The molecular formula is C19H26N4O. The highest BCUT2D eigenvalue weighted by Crippen LogP contribution is 2.32. The summed E-state index contributed by atoms with van der Waals surface area (Å²) >= 11 is 0. The molecule has 0 aliphatic carbocycles. The summed E-state index contributed by atoms with van der Waals surface area (Å²) in [4.78, 5) is 20.8. The summed E-state index contributed by atoms with van der Waals surface area (Å²) < 4.78 is 2.30. The molecule has 0 N–H and O–H groups in total. The van der Waals surface area contributed by atoms with Crippen LogP contribution in [0, 0.1) is 6.92 Å². The maximum Gasteiger partial charge on any atom is 0.219 e. The smallest absolute Gasteiger partial charge is 0.219 e. The number of carbonyl (C=O) groups is 1. The topological polar surface area (TPSA) is 41.4 Å². The Morgan fingerprint density at radius 1 is 1.21 bits per heavy atom. The van der Waals surface area contributed by atoms with Crippen molar-refractivity contribution in [2.75, 3.05) is 18.5 Å². The zero-order valence-corrected chi connectivity index (χ0v) is 15.2. The Labute approximate surface area is 143 Å². The lowest BCUT2D eigenvalue weighted by Crippen LogP contribution is -2.37. The van der Waals surface area contributed by atoms with Crippen LogP contribution in [0.15, 0.2) is 24.3 Å². The van der Waals surface area contributed by atoms with Crippen LogP contribution in [0.25, 0.3) is 0 Å². The first-order chi connectivity index (χ1) is 11.4. The Balaban J connectivity index is 2.04. The molecule has 0 spiro atoms. The van der Waals surface area contributed by atoms with Crippen molar-refractivity contribution >= 4 is 17.4 Å². The lowest BCUT2D eigenvalue weighted by atomic mass is 10.2. The van der Waals surface area contributed by atoms with Crippen molar-refractivity contribution in [3.63, 3.8) is 0 Å². The summed E-state index contributed by atoms with van der Waals surface area (Å²) in [5.74, 6) is 2.53. The van der Waals surface area contributed by atoms with Crippen molar-refractivity contribution < 1.29 is 4.79 Å². The summed E-state index contributed by atoms with van der Waals surface area (Å²) in [5, 5.41) is 0. The highest BCUT2D eigenvalue weighted by molar-refractivity contribution is 5.74. The van der Waals surface area contributed by atoms with E-state index in [0.717, 1.165) is 36.1 Å². The summed E-state index contributed by atoms with van der Waals surface area (Å²) in [6.07, 6.45) is 0. The Morgan fingerprint density at radius 2 is 1.88 bits per heavy atom. The van der Waals surface area contributed by atoms with Gasteiger partial charge in [0.2, 0.25) is 5.91 Å². The van der Waals surface area contributed by atoms with Gasteiger partial charge in [-0.15, -0.1) is 0 Å². The first-order valence-corrected chi connectivity index (χ1v) is 8.53. The van der Waals surface area contributed by atoms with E-state index in [0.29, 0.717) is 12.5 Å². The summed E-state index contributed by atoms with van der Waals surface area (Å²) in [6, 6.07) is 8.45. The number of anilines is 2. The van der Waals surface area contributed by atoms with Crippen LogP contribution in [0.2, 0.25) is 0 Å². The van der Waals surface area contributed by atoms with E-state index in [2.05, 4.69) is 54.5 Å². The molecule has 1 aromatic carbocycles. The fourth-order valence-corrected chi connectivity index (χ4v) is 3.25. The average molecular weight is 326 g/mol. The molecule has 1 amide bonds. The van der Waals surface area contributed by atoms with E-state index in [4.69, 9.17) is 4.98 Å². The SMILES string of the molecule is CC(=O)N1CCn2c(C(C)C)nc(N(C)c3ccc(C)cc3)c2C1. The quantitative estimate of drug-likeness (QED) is 0.867. The number of aromatic nitrogens is 2. The van der Waals surface area contributed by atoms with Crippen molar-refractivity contribution in [2.24, 2.45) is 0 Å². The monoisotopic (exact) mass is 326 g/mol. The van der Waals surface area contributed by atoms with Gasteiger partial charge in [0.15, 0.2) is 5.82 Å². The zero-order valence-electron chi connectivity index (χ0n) is 15.2. The van der Waals surface area contributed by atoms with Crippen molar-refractivity contribution in [1.29, 1.82) is 0 Å². The van der Waals surface area contributed by atoms with E-state index in [1.807, 2.05) is 11.9 Å². The number of carbonyl (C=O) groups excluding carboxylic acids is 1. The van der Waals surface area contributed by atoms with Gasteiger partial charge < -0.3 is 14.4 Å². The van der Waals surface area contributed by atoms with Gasteiger partial charge >= 0.3 is 0 Å². The minimum atomic E-state index is 0.123. The molecule has 24 heavy (non-hydrogen) atoms. The molecule has 3 rings (SSSR count). The molecule has 0 fully saturated rings. The predicted octanol–water partition coefficient (Wildman–Crippen LogP) is 3.44. The Bertz CT molecular complexity index is 745. The van der Waals surface area contributed by atoms with Crippen molar-refractivity contribution in [3.05, 3.63) is 41.3 Å². The van der Waals surface area contributed by atoms with Crippen molar-refractivity contribution in [1.82, 2.24) is 14.5 Å². The number of hydrogen-bond acceptors (Lipinski definition) is 3. The fourth-order valence-electron chi connectivity index (χ4n) is 3.25. The number of imidazole rings is 1. The molecular weight excluding hydrogens is 300 g/mol. The van der Waals surface area contributed by atoms with Crippen molar-refractivity contribution in [2.45, 2.75) is 46.7 Å². The van der Waals surface area contributed by atoms with E-state index in [-0.39, 0.29) is 5.91 Å². The number of rotatable bonds is 3. The molecule has 0 bridgehead atoms. The van der Waals surface area contributed by atoms with E-state index < -0.39 is 0 Å². The maximum atomic E-state index is 11.8. The van der Waals surface area contributed by atoms with Crippen LogP contribution >= 0.6 is 0 Å². The fraction of sp³-hybridized carbons (Fsp3) is 0.474. The van der Waals surface area contributed by atoms with Crippen LogP contribution in [0.3, 0.4) is 0 Å². The molecule has 0 unspecified atom stereocenters. The minimum absolute atomic E-state index is 0.123. The molecule has 5 heteroatoms. The van der Waals surface area contributed by atoms with Gasteiger partial charge in [0.25, 0.3) is 0 Å². The number of benzene rings is 1. The zero-order chi connectivity index (χ0) is 17.4. The molecule has 5 nitrogen and oxygen atoms in total. The molecule has 0 saturated heterocycles. The number of amides is 1. The second kappa shape index (κ2) is 6.30. The molecule has 128 valence electrons. The van der Waals surface area contributed by atoms with E-state index in [1.54, 1.807) is 6.92 Å². The Hall–Kier alpha value is -2.30. The van der Waals surface area contributed by atoms with Crippen LogP contribution in [-0.2, 0) is 17.9 Å². The highest BCUT2D eigenvalue weighted by atomic mass is 16.2. The van der Waals surface area contributed by atoms with E-state index in [9.17, 15) is 4.79 Å². The van der Waals surface area contributed by atoms with Crippen LogP contribution in [0.4, 0.5) is 11.5 Å². The Kier molecular flexibility index (Phi) is 4.35. The summed E-state index contributed by atoms with van der Waals surface area (Å²) in [6.45, 7) is 10.3. The van der Waals surface area contributed by atoms with Gasteiger partial charge in [0, 0.05) is 38.7 Å². The van der Waals surface area contributed by atoms with Gasteiger partial charge in [0.05, 0.1) is 12.2 Å². The molecule has 0 atom stereocenters. The number of nitrogens with zero attached hydrogens (tertiary/aromatic N) is 4. The van der Waals surface area contributed by atoms with Crippen LogP contribution < -0.4 is 4.90 Å². The third kappa shape index (κ3) is 2.90. The Morgan fingerprint density at radius 3 is 2.46 bits per heavy atom. The van der Waals surface area contributed by atoms with Crippen LogP contribution in [0.5, 0.6) is 0 Å². The van der Waals surface area contributed by atoms with Crippen LogP contribution in [0.1, 0.15) is 43.8 Å². The first kappa shape index (κ1) is 16.6. The number of hydrogen-bond donors (Lipinski definition) is 0. The van der Waals surface area contributed by atoms with Crippen LogP contribution in [-0.4, -0.2) is 34.0 Å². The number of fused-ring (bicyclic) bond motifs is 1. The van der Waals surface area contributed by atoms with Gasteiger partial charge in [-0.3, -0.25) is 4.79 Å². The molecule has 2 aromatic rings. The molecule has 0 saturated carbocycles. The second-order valence-electron chi connectivity index (χ2n) is 6.88. The summed E-state index contributed by atoms with van der Waals surface area (Å²) in [7, 11) is 2.05. The lowest BCUT2D eigenvalue weighted by Gasteiger charge is -2.30. The summed E-state index contributed by atoms with van der Waals surface area (Å²) in [5.41, 5.74) is 3.48. The normalized spacial score (nSPS) is 14.0. The molecule has 1 aliphatic rings. The van der Waals surface area contributed by atoms with Gasteiger partial charge in [-0.05, 0) is 19.1 Å². The van der Waals surface area contributed by atoms with Gasteiger partial charge in [-0.1, -0.05) is 31.5 Å². The highest BCUT2D eigenvalue weighted by Gasteiger charge is 2.28. The maximum absolute atomic E-state index is 11.8. The molecule has 1 aromatic heterocycles.